The summed E-state index contributed by atoms with van der Waals surface area (Å²) < 4.78 is 7.96. The van der Waals surface area contributed by atoms with Crippen molar-refractivity contribution < 1.29 is 4.74 Å². The number of rotatable bonds is 7. The number of nitrogens with two attached hydrogens (primary N) is 1. The van der Waals surface area contributed by atoms with Crippen LogP contribution in [0, 0.1) is 5.92 Å². The lowest BCUT2D eigenvalue weighted by Crippen LogP contribution is -2.11. The smallest absolute Gasteiger partial charge is 0.109 e. The summed E-state index contributed by atoms with van der Waals surface area (Å²) in [5, 5.41) is 0. The zero-order chi connectivity index (χ0) is 14.5. The van der Waals surface area contributed by atoms with Crippen LogP contribution >= 0.6 is 0 Å². The van der Waals surface area contributed by atoms with Gasteiger partial charge in [0.15, 0.2) is 0 Å². The molecular weight excluding hydrogens is 250 g/mol. The van der Waals surface area contributed by atoms with Gasteiger partial charge in [0.2, 0.25) is 0 Å². The Balaban J connectivity index is 2.17. The number of fused-ring (bicyclic) bond motifs is 1. The van der Waals surface area contributed by atoms with Gasteiger partial charge in [0.25, 0.3) is 0 Å². The number of ether oxygens (including phenoxy) is 1. The van der Waals surface area contributed by atoms with Gasteiger partial charge < -0.3 is 15.0 Å². The predicted molar refractivity (Wildman–Crippen MR) is 83.8 cm³/mol. The lowest BCUT2D eigenvalue weighted by molar-refractivity contribution is 0.103. The summed E-state index contributed by atoms with van der Waals surface area (Å²) in [5.41, 5.74) is 8.74. The van der Waals surface area contributed by atoms with E-state index in [9.17, 15) is 0 Å². The van der Waals surface area contributed by atoms with Crippen molar-refractivity contribution in [3.63, 3.8) is 0 Å². The molecule has 2 N–H and O–H groups in total. The summed E-state index contributed by atoms with van der Waals surface area (Å²) in [6.07, 6.45) is 2.07. The Morgan fingerprint density at radius 2 is 2.15 bits per heavy atom. The maximum absolute atomic E-state index is 5.84. The van der Waals surface area contributed by atoms with Crippen LogP contribution < -0.4 is 5.73 Å². The zero-order valence-corrected chi connectivity index (χ0v) is 12.7. The maximum atomic E-state index is 5.84. The molecule has 2 rings (SSSR count). The first kappa shape index (κ1) is 14.9. The van der Waals surface area contributed by atoms with E-state index in [0.717, 1.165) is 55.1 Å². The fourth-order valence-electron chi connectivity index (χ4n) is 2.34. The lowest BCUT2D eigenvalue weighted by atomic mass is 10.2. The minimum atomic E-state index is 0.574. The molecular formula is C16H25N3O. The number of aromatic nitrogens is 2. The first-order valence-electron chi connectivity index (χ1n) is 7.44. The van der Waals surface area contributed by atoms with Crippen LogP contribution in [0.2, 0.25) is 0 Å². The summed E-state index contributed by atoms with van der Waals surface area (Å²) >= 11 is 0. The lowest BCUT2D eigenvalue weighted by Gasteiger charge is -2.10. The van der Waals surface area contributed by atoms with Crippen LogP contribution in [-0.4, -0.2) is 22.8 Å². The second kappa shape index (κ2) is 6.75. The molecule has 0 amide bonds. The van der Waals surface area contributed by atoms with E-state index in [1.165, 1.54) is 0 Å². The maximum Gasteiger partial charge on any atom is 0.109 e. The predicted octanol–water partition coefficient (Wildman–Crippen LogP) is 3.24. The van der Waals surface area contributed by atoms with E-state index in [1.54, 1.807) is 0 Å². The van der Waals surface area contributed by atoms with Crippen molar-refractivity contribution in [2.24, 2.45) is 5.92 Å². The van der Waals surface area contributed by atoms with E-state index < -0.39 is 0 Å². The van der Waals surface area contributed by atoms with E-state index in [1.807, 2.05) is 12.1 Å². The monoisotopic (exact) mass is 275 g/mol. The van der Waals surface area contributed by atoms with Crippen LogP contribution in [0.25, 0.3) is 11.0 Å². The molecule has 0 saturated carbocycles. The molecule has 1 aromatic carbocycles. The molecule has 0 aliphatic heterocycles. The van der Waals surface area contributed by atoms with Gasteiger partial charge in [-0.2, -0.15) is 0 Å². The molecule has 4 nitrogen and oxygen atoms in total. The summed E-state index contributed by atoms with van der Waals surface area (Å²) in [6.45, 7) is 8.89. The number of hydrogen-bond acceptors (Lipinski definition) is 3. The van der Waals surface area contributed by atoms with E-state index in [-0.39, 0.29) is 0 Å². The topological polar surface area (TPSA) is 53.1 Å². The largest absolute Gasteiger partial charge is 0.399 e. The molecule has 0 spiro atoms. The molecule has 110 valence electrons. The van der Waals surface area contributed by atoms with E-state index in [2.05, 4.69) is 31.4 Å². The second-order valence-electron chi connectivity index (χ2n) is 5.65. The Kier molecular flexibility index (Phi) is 5.01. The minimum Gasteiger partial charge on any atom is -0.399 e. The molecule has 0 aliphatic rings. The third-order valence-corrected chi connectivity index (χ3v) is 3.24. The van der Waals surface area contributed by atoms with Gasteiger partial charge in [-0.05, 0) is 30.5 Å². The average molecular weight is 275 g/mol. The van der Waals surface area contributed by atoms with Gasteiger partial charge in [-0.1, -0.05) is 20.8 Å². The molecule has 4 heteroatoms. The van der Waals surface area contributed by atoms with Crippen LogP contribution in [0.1, 0.15) is 33.0 Å². The van der Waals surface area contributed by atoms with Gasteiger partial charge in [-0.15, -0.1) is 0 Å². The molecule has 1 aromatic heterocycles. The summed E-state index contributed by atoms with van der Waals surface area (Å²) in [5.74, 6) is 1.70. The highest BCUT2D eigenvalue weighted by Crippen LogP contribution is 2.20. The highest BCUT2D eigenvalue weighted by molar-refractivity contribution is 5.79. The van der Waals surface area contributed by atoms with Crippen LogP contribution in [0.3, 0.4) is 0 Å². The number of anilines is 1. The first-order chi connectivity index (χ1) is 9.61. The molecule has 0 bridgehead atoms. The number of nitrogen functional groups attached to an aromatic ring is 1. The van der Waals surface area contributed by atoms with Crippen molar-refractivity contribution in [3.05, 3.63) is 24.0 Å². The van der Waals surface area contributed by atoms with Gasteiger partial charge in [-0.3, -0.25) is 0 Å². The van der Waals surface area contributed by atoms with E-state index in [4.69, 9.17) is 15.5 Å². The van der Waals surface area contributed by atoms with E-state index >= 15 is 0 Å². The molecule has 2 aromatic rings. The standard InChI is InChI=1S/C16H25N3O/c1-4-5-16-18-14-10-13(17)6-7-15(14)19(16)8-9-20-11-12(2)3/h6-7,10,12H,4-5,8-9,11,17H2,1-3H3. The quantitative estimate of drug-likeness (QED) is 0.623. The SMILES string of the molecule is CCCc1nc2cc(N)ccc2n1CCOCC(C)C. The third kappa shape index (κ3) is 3.51. The molecule has 0 unspecified atom stereocenters. The Labute approximate surface area is 120 Å². The van der Waals surface area contributed by atoms with Gasteiger partial charge >= 0.3 is 0 Å². The molecule has 0 saturated heterocycles. The Bertz CT molecular complexity index is 560. The Morgan fingerprint density at radius 3 is 2.85 bits per heavy atom. The number of imidazole rings is 1. The second-order valence-corrected chi connectivity index (χ2v) is 5.65. The van der Waals surface area contributed by atoms with Crippen LogP contribution in [0.15, 0.2) is 18.2 Å². The van der Waals surface area contributed by atoms with Gasteiger partial charge in [0, 0.05) is 25.3 Å². The summed E-state index contributed by atoms with van der Waals surface area (Å²) in [6, 6.07) is 5.93. The van der Waals surface area contributed by atoms with Gasteiger partial charge in [0.05, 0.1) is 17.6 Å². The third-order valence-electron chi connectivity index (χ3n) is 3.24. The minimum absolute atomic E-state index is 0.574. The number of aryl methyl sites for hydroxylation is 1. The molecule has 0 aliphatic carbocycles. The number of hydrogen-bond donors (Lipinski definition) is 1. The molecule has 0 fully saturated rings. The Hall–Kier alpha value is -1.55. The molecule has 20 heavy (non-hydrogen) atoms. The van der Waals surface area contributed by atoms with E-state index in [0.29, 0.717) is 5.92 Å². The van der Waals surface area contributed by atoms with Gasteiger partial charge in [-0.25, -0.2) is 4.98 Å². The van der Waals surface area contributed by atoms with Gasteiger partial charge in [0.1, 0.15) is 5.82 Å². The average Bonchev–Trinajstić information content (AvgIpc) is 2.72. The first-order valence-corrected chi connectivity index (χ1v) is 7.44. The Morgan fingerprint density at radius 1 is 1.35 bits per heavy atom. The molecule has 1 heterocycles. The van der Waals surface area contributed by atoms with Crippen LogP contribution in [0.4, 0.5) is 5.69 Å². The van der Waals surface area contributed by atoms with Crippen molar-refractivity contribution >= 4 is 16.7 Å². The fourth-order valence-corrected chi connectivity index (χ4v) is 2.34. The van der Waals surface area contributed by atoms with Crippen molar-refractivity contribution in [2.45, 2.75) is 40.2 Å². The van der Waals surface area contributed by atoms with Crippen LogP contribution in [0.5, 0.6) is 0 Å². The summed E-state index contributed by atoms with van der Waals surface area (Å²) in [4.78, 5) is 4.70. The highest BCUT2D eigenvalue weighted by Gasteiger charge is 2.10. The van der Waals surface area contributed by atoms with Crippen molar-refractivity contribution in [3.8, 4) is 0 Å². The van der Waals surface area contributed by atoms with Crippen molar-refractivity contribution in [1.82, 2.24) is 9.55 Å². The zero-order valence-electron chi connectivity index (χ0n) is 12.7. The summed E-state index contributed by atoms with van der Waals surface area (Å²) in [7, 11) is 0. The molecule has 0 atom stereocenters. The fraction of sp³-hybridized carbons (Fsp3) is 0.562. The van der Waals surface area contributed by atoms with Crippen LogP contribution in [-0.2, 0) is 17.7 Å². The molecule has 0 radical (unpaired) electrons. The number of nitrogens with zero attached hydrogens (tertiary/aromatic N) is 2. The van der Waals surface area contributed by atoms with Crippen molar-refractivity contribution in [1.29, 1.82) is 0 Å². The normalized spacial score (nSPS) is 11.6. The number of benzene rings is 1. The highest BCUT2D eigenvalue weighted by atomic mass is 16.5. The van der Waals surface area contributed by atoms with Crippen molar-refractivity contribution in [2.75, 3.05) is 18.9 Å².